The van der Waals surface area contributed by atoms with Crippen molar-refractivity contribution >= 4 is 11.7 Å². The van der Waals surface area contributed by atoms with E-state index < -0.39 is 0 Å². The molecule has 0 aromatic heterocycles. The fourth-order valence-corrected chi connectivity index (χ4v) is 3.70. The van der Waals surface area contributed by atoms with Crippen LogP contribution in [0.2, 0.25) is 0 Å². The number of hydrogen-bond donors (Lipinski definition) is 2. The molecular formula is C22H29N3O. The minimum atomic E-state index is -0.170. The van der Waals surface area contributed by atoms with Crippen LogP contribution in [-0.4, -0.2) is 31.1 Å². The summed E-state index contributed by atoms with van der Waals surface area (Å²) in [6, 6.07) is 16.9. The molecule has 0 unspecified atom stereocenters. The summed E-state index contributed by atoms with van der Waals surface area (Å²) in [6.45, 7) is 5.22. The minimum absolute atomic E-state index is 0.170. The van der Waals surface area contributed by atoms with E-state index in [9.17, 15) is 4.79 Å². The summed E-state index contributed by atoms with van der Waals surface area (Å²) in [4.78, 5) is 14.2. The van der Waals surface area contributed by atoms with Gasteiger partial charge in [0.2, 0.25) is 0 Å². The standard InChI is InChI=1S/C22H29N3O/c1-17-8-9-21(24-22(26)23-2)20(14-17)16-25-12-10-19(11-13-25)15-18-6-4-3-5-7-18/h3-9,14,19H,10-13,15-16H2,1-2H3,(H2,23,24,26). The number of nitrogens with one attached hydrogen (secondary N) is 2. The third-order valence-corrected chi connectivity index (χ3v) is 5.20. The van der Waals surface area contributed by atoms with E-state index in [1.54, 1.807) is 7.05 Å². The third kappa shape index (κ3) is 5.09. The first-order valence-corrected chi connectivity index (χ1v) is 9.48. The summed E-state index contributed by atoms with van der Waals surface area (Å²) in [5.74, 6) is 0.773. The van der Waals surface area contributed by atoms with Crippen LogP contribution in [0, 0.1) is 12.8 Å². The predicted octanol–water partition coefficient (Wildman–Crippen LogP) is 4.20. The van der Waals surface area contributed by atoms with E-state index in [2.05, 4.69) is 58.9 Å². The van der Waals surface area contributed by atoms with E-state index in [0.717, 1.165) is 31.2 Å². The van der Waals surface area contributed by atoms with E-state index in [0.29, 0.717) is 0 Å². The van der Waals surface area contributed by atoms with Gasteiger partial charge in [-0.3, -0.25) is 4.90 Å². The van der Waals surface area contributed by atoms with Crippen molar-refractivity contribution in [3.05, 3.63) is 65.2 Å². The van der Waals surface area contributed by atoms with Crippen LogP contribution in [-0.2, 0) is 13.0 Å². The zero-order valence-electron chi connectivity index (χ0n) is 15.8. The SMILES string of the molecule is CNC(=O)Nc1ccc(C)cc1CN1CCC(Cc2ccccc2)CC1. The van der Waals surface area contributed by atoms with Crippen LogP contribution in [0.4, 0.5) is 10.5 Å². The number of carbonyl (C=O) groups is 1. The van der Waals surface area contributed by atoms with Crippen molar-refractivity contribution in [2.24, 2.45) is 5.92 Å². The molecule has 1 aliphatic heterocycles. The van der Waals surface area contributed by atoms with Gasteiger partial charge >= 0.3 is 6.03 Å². The highest BCUT2D eigenvalue weighted by atomic mass is 16.2. The summed E-state index contributed by atoms with van der Waals surface area (Å²) in [7, 11) is 1.64. The molecule has 0 radical (unpaired) electrons. The number of urea groups is 1. The van der Waals surface area contributed by atoms with Crippen molar-refractivity contribution in [1.82, 2.24) is 10.2 Å². The molecule has 2 N–H and O–H groups in total. The molecule has 26 heavy (non-hydrogen) atoms. The van der Waals surface area contributed by atoms with Gasteiger partial charge in [0.15, 0.2) is 0 Å². The number of nitrogens with zero attached hydrogens (tertiary/aromatic N) is 1. The molecule has 4 heteroatoms. The van der Waals surface area contributed by atoms with Gasteiger partial charge in [-0.05, 0) is 62.4 Å². The van der Waals surface area contributed by atoms with E-state index in [-0.39, 0.29) is 6.03 Å². The number of carbonyl (C=O) groups excluding carboxylic acids is 1. The first-order chi connectivity index (χ1) is 12.6. The van der Waals surface area contributed by atoms with Gasteiger partial charge in [-0.2, -0.15) is 0 Å². The van der Waals surface area contributed by atoms with Crippen LogP contribution in [0.5, 0.6) is 0 Å². The summed E-state index contributed by atoms with van der Waals surface area (Å²) in [5.41, 5.74) is 4.76. The van der Waals surface area contributed by atoms with Crippen LogP contribution in [0.15, 0.2) is 48.5 Å². The van der Waals surface area contributed by atoms with Crippen LogP contribution in [0.1, 0.15) is 29.5 Å². The number of amides is 2. The lowest BCUT2D eigenvalue weighted by Gasteiger charge is -2.32. The normalized spacial score (nSPS) is 15.6. The zero-order chi connectivity index (χ0) is 18.4. The van der Waals surface area contributed by atoms with Gasteiger partial charge in [0, 0.05) is 19.3 Å². The first-order valence-electron chi connectivity index (χ1n) is 9.48. The topological polar surface area (TPSA) is 44.4 Å². The van der Waals surface area contributed by atoms with Crippen molar-refractivity contribution in [1.29, 1.82) is 0 Å². The van der Waals surface area contributed by atoms with Crippen LogP contribution < -0.4 is 10.6 Å². The molecule has 1 fully saturated rings. The minimum Gasteiger partial charge on any atom is -0.341 e. The van der Waals surface area contributed by atoms with Crippen LogP contribution in [0.3, 0.4) is 0 Å². The Labute approximate surface area is 156 Å². The lowest BCUT2D eigenvalue weighted by atomic mass is 9.90. The molecule has 138 valence electrons. The number of benzene rings is 2. The number of likely N-dealkylation sites (tertiary alicyclic amines) is 1. The van der Waals surface area contributed by atoms with Crippen molar-refractivity contribution in [3.8, 4) is 0 Å². The molecule has 2 aromatic carbocycles. The molecule has 0 bridgehead atoms. The first kappa shape index (κ1) is 18.5. The maximum atomic E-state index is 11.7. The van der Waals surface area contributed by atoms with Crippen LogP contribution in [0.25, 0.3) is 0 Å². The highest BCUT2D eigenvalue weighted by Gasteiger charge is 2.20. The second-order valence-corrected chi connectivity index (χ2v) is 7.27. The molecule has 0 aliphatic carbocycles. The van der Waals surface area contributed by atoms with Gasteiger partial charge in [-0.1, -0.05) is 48.0 Å². The average molecular weight is 351 g/mol. The monoisotopic (exact) mass is 351 g/mol. The van der Waals surface area contributed by atoms with Gasteiger partial charge in [0.25, 0.3) is 0 Å². The second-order valence-electron chi connectivity index (χ2n) is 7.27. The molecule has 0 saturated carbocycles. The molecule has 1 aliphatic rings. The van der Waals surface area contributed by atoms with E-state index in [1.807, 2.05) is 12.1 Å². The molecule has 2 aromatic rings. The maximum Gasteiger partial charge on any atom is 0.318 e. The molecule has 0 spiro atoms. The van der Waals surface area contributed by atoms with Crippen molar-refractivity contribution < 1.29 is 4.79 Å². The third-order valence-electron chi connectivity index (χ3n) is 5.20. The lowest BCUT2D eigenvalue weighted by molar-refractivity contribution is 0.177. The molecule has 1 saturated heterocycles. The van der Waals surface area contributed by atoms with Crippen molar-refractivity contribution in [2.75, 3.05) is 25.5 Å². The number of anilines is 1. The number of aryl methyl sites for hydroxylation is 1. The molecule has 2 amide bonds. The smallest absolute Gasteiger partial charge is 0.318 e. The zero-order valence-corrected chi connectivity index (χ0v) is 15.8. The Kier molecular flexibility index (Phi) is 6.29. The fraction of sp³-hybridized carbons (Fsp3) is 0.409. The number of piperidine rings is 1. The molecule has 0 atom stereocenters. The van der Waals surface area contributed by atoms with Gasteiger partial charge in [-0.25, -0.2) is 4.79 Å². The second kappa shape index (κ2) is 8.86. The average Bonchev–Trinajstić information content (AvgIpc) is 2.66. The molecule has 1 heterocycles. The number of rotatable bonds is 5. The van der Waals surface area contributed by atoms with E-state index in [1.165, 1.54) is 36.0 Å². The Morgan fingerprint density at radius 3 is 2.54 bits per heavy atom. The highest BCUT2D eigenvalue weighted by Crippen LogP contribution is 2.25. The Balaban J connectivity index is 1.57. The molecule has 3 rings (SSSR count). The molecular weight excluding hydrogens is 322 g/mol. The van der Waals surface area contributed by atoms with Crippen molar-refractivity contribution in [3.63, 3.8) is 0 Å². The van der Waals surface area contributed by atoms with Crippen molar-refractivity contribution in [2.45, 2.75) is 32.7 Å². The summed E-state index contributed by atoms with van der Waals surface area (Å²) in [5, 5.41) is 5.57. The van der Waals surface area contributed by atoms with E-state index in [4.69, 9.17) is 0 Å². The predicted molar refractivity (Wildman–Crippen MR) is 107 cm³/mol. The Morgan fingerprint density at radius 1 is 1.12 bits per heavy atom. The van der Waals surface area contributed by atoms with Gasteiger partial charge < -0.3 is 10.6 Å². The fourth-order valence-electron chi connectivity index (χ4n) is 3.70. The molecule has 4 nitrogen and oxygen atoms in total. The quantitative estimate of drug-likeness (QED) is 0.848. The van der Waals surface area contributed by atoms with E-state index >= 15 is 0 Å². The highest BCUT2D eigenvalue weighted by molar-refractivity contribution is 5.89. The summed E-state index contributed by atoms with van der Waals surface area (Å²) < 4.78 is 0. The summed E-state index contributed by atoms with van der Waals surface area (Å²) >= 11 is 0. The Hall–Kier alpha value is -2.33. The maximum absolute atomic E-state index is 11.7. The Morgan fingerprint density at radius 2 is 1.85 bits per heavy atom. The number of hydrogen-bond acceptors (Lipinski definition) is 2. The van der Waals surface area contributed by atoms with Crippen LogP contribution >= 0.6 is 0 Å². The largest absolute Gasteiger partial charge is 0.341 e. The Bertz CT molecular complexity index is 721. The van der Waals surface area contributed by atoms with Gasteiger partial charge in [0.05, 0.1) is 0 Å². The summed E-state index contributed by atoms with van der Waals surface area (Å²) in [6.07, 6.45) is 3.65. The van der Waals surface area contributed by atoms with Gasteiger partial charge in [-0.15, -0.1) is 0 Å². The van der Waals surface area contributed by atoms with Gasteiger partial charge in [0.1, 0.15) is 0 Å². The lowest BCUT2D eigenvalue weighted by Crippen LogP contribution is -2.34.